The van der Waals surface area contributed by atoms with Crippen molar-refractivity contribution in [1.82, 2.24) is 10.3 Å². The van der Waals surface area contributed by atoms with Crippen molar-refractivity contribution in [2.75, 3.05) is 6.54 Å². The number of benzene rings is 1. The maximum atomic E-state index is 13.4. The number of hydrogen-bond acceptors (Lipinski definition) is 1. The number of fused-ring (bicyclic) bond motifs is 1. The molecule has 2 N–H and O–H groups in total. The van der Waals surface area contributed by atoms with Gasteiger partial charge >= 0.3 is 0 Å². The predicted molar refractivity (Wildman–Crippen MR) is 53.7 cm³/mol. The van der Waals surface area contributed by atoms with Crippen molar-refractivity contribution in [3.05, 3.63) is 35.3 Å². The minimum Gasteiger partial charge on any atom is -0.361 e. The summed E-state index contributed by atoms with van der Waals surface area (Å²) in [5.41, 5.74) is 2.89. The first kappa shape index (κ1) is 8.00. The van der Waals surface area contributed by atoms with Gasteiger partial charge in [-0.05, 0) is 30.2 Å². The van der Waals surface area contributed by atoms with Crippen LogP contribution < -0.4 is 5.32 Å². The van der Waals surface area contributed by atoms with E-state index in [0.717, 1.165) is 17.4 Å². The highest BCUT2D eigenvalue weighted by Gasteiger charge is 2.25. The fourth-order valence-corrected chi connectivity index (χ4v) is 1.84. The van der Waals surface area contributed by atoms with E-state index >= 15 is 0 Å². The van der Waals surface area contributed by atoms with Crippen molar-refractivity contribution in [1.29, 1.82) is 0 Å². The number of aryl methyl sites for hydroxylation is 1. The van der Waals surface area contributed by atoms with Crippen LogP contribution in [0.4, 0.5) is 4.39 Å². The topological polar surface area (TPSA) is 37.7 Å². The second-order valence-electron chi connectivity index (χ2n) is 3.85. The van der Waals surface area contributed by atoms with E-state index < -0.39 is 0 Å². The number of halogens is 1. The highest BCUT2D eigenvalue weighted by atomic mass is 19.1. The molecule has 0 bridgehead atoms. The van der Waals surface area contributed by atoms with Crippen LogP contribution >= 0.6 is 0 Å². The Labute approximate surface area is 81.1 Å². The second-order valence-corrected chi connectivity index (χ2v) is 3.85. The smallest absolute Gasteiger partial charge is 0.126 e. The van der Waals surface area contributed by atoms with Gasteiger partial charge in [0, 0.05) is 29.7 Å². The van der Waals surface area contributed by atoms with Crippen molar-refractivity contribution in [3.63, 3.8) is 0 Å². The summed E-state index contributed by atoms with van der Waals surface area (Å²) in [6.07, 6.45) is 1.97. The molecule has 0 spiro atoms. The number of nitrogens with one attached hydrogen (secondary N) is 2. The quantitative estimate of drug-likeness (QED) is 0.665. The fourth-order valence-electron chi connectivity index (χ4n) is 1.84. The van der Waals surface area contributed by atoms with E-state index in [2.05, 4.69) is 10.3 Å². The van der Waals surface area contributed by atoms with Crippen LogP contribution in [0.15, 0.2) is 18.3 Å². The van der Waals surface area contributed by atoms with Crippen LogP contribution in [0.3, 0.4) is 0 Å². The summed E-state index contributed by atoms with van der Waals surface area (Å²) in [5, 5.41) is 4.22. The maximum absolute atomic E-state index is 13.4. The SMILES string of the molecule is Cc1cc2[nH]cc(C3CN3)c2cc1F. The third-order valence-electron chi connectivity index (χ3n) is 2.78. The van der Waals surface area contributed by atoms with E-state index in [9.17, 15) is 4.39 Å². The Morgan fingerprint density at radius 1 is 1.43 bits per heavy atom. The molecule has 1 unspecified atom stereocenters. The molecule has 1 aromatic heterocycles. The minimum atomic E-state index is -0.126. The van der Waals surface area contributed by atoms with Gasteiger partial charge in [-0.25, -0.2) is 4.39 Å². The molecule has 1 fully saturated rings. The average Bonchev–Trinajstić information content (AvgIpc) is 2.91. The molecule has 72 valence electrons. The normalized spacial score (nSPS) is 20.3. The molecule has 1 aliphatic rings. The van der Waals surface area contributed by atoms with E-state index in [1.165, 1.54) is 5.56 Å². The summed E-state index contributed by atoms with van der Waals surface area (Å²) >= 11 is 0. The van der Waals surface area contributed by atoms with E-state index in [1.54, 1.807) is 13.0 Å². The van der Waals surface area contributed by atoms with Crippen LogP contribution in [0.2, 0.25) is 0 Å². The third-order valence-corrected chi connectivity index (χ3v) is 2.78. The molecule has 14 heavy (non-hydrogen) atoms. The highest BCUT2D eigenvalue weighted by Crippen LogP contribution is 2.30. The van der Waals surface area contributed by atoms with E-state index in [4.69, 9.17) is 0 Å². The lowest BCUT2D eigenvalue weighted by atomic mass is 10.1. The molecule has 3 heteroatoms. The van der Waals surface area contributed by atoms with Crippen LogP contribution in [0, 0.1) is 12.7 Å². The van der Waals surface area contributed by atoms with Gasteiger partial charge in [0.05, 0.1) is 0 Å². The Kier molecular flexibility index (Phi) is 1.47. The molecule has 1 atom stereocenters. The average molecular weight is 190 g/mol. The largest absolute Gasteiger partial charge is 0.361 e. The Bertz CT molecular complexity index is 497. The second kappa shape index (κ2) is 2.58. The summed E-state index contributed by atoms with van der Waals surface area (Å²) in [7, 11) is 0. The maximum Gasteiger partial charge on any atom is 0.126 e. The lowest BCUT2D eigenvalue weighted by Gasteiger charge is -1.98. The Hall–Kier alpha value is -1.35. The first-order valence-corrected chi connectivity index (χ1v) is 4.76. The number of aromatic amines is 1. The molecule has 2 nitrogen and oxygen atoms in total. The zero-order valence-electron chi connectivity index (χ0n) is 7.89. The van der Waals surface area contributed by atoms with Gasteiger partial charge in [0.1, 0.15) is 5.82 Å². The Morgan fingerprint density at radius 2 is 2.21 bits per heavy atom. The first-order valence-electron chi connectivity index (χ1n) is 4.76. The van der Waals surface area contributed by atoms with E-state index in [0.29, 0.717) is 11.6 Å². The van der Waals surface area contributed by atoms with Crippen LogP contribution in [-0.2, 0) is 0 Å². The van der Waals surface area contributed by atoms with Crippen molar-refractivity contribution in [3.8, 4) is 0 Å². The predicted octanol–water partition coefficient (Wildman–Crippen LogP) is 2.26. The van der Waals surface area contributed by atoms with Crippen LogP contribution in [0.25, 0.3) is 10.9 Å². The van der Waals surface area contributed by atoms with Crippen LogP contribution in [0.5, 0.6) is 0 Å². The molecule has 0 radical (unpaired) electrons. The third kappa shape index (κ3) is 1.06. The lowest BCUT2D eigenvalue weighted by Crippen LogP contribution is -1.84. The summed E-state index contributed by atoms with van der Waals surface area (Å²) in [4.78, 5) is 3.17. The van der Waals surface area contributed by atoms with Crippen LogP contribution in [-0.4, -0.2) is 11.5 Å². The molecule has 2 heterocycles. The van der Waals surface area contributed by atoms with Gasteiger partial charge in [0.25, 0.3) is 0 Å². The van der Waals surface area contributed by atoms with Gasteiger partial charge in [-0.2, -0.15) is 0 Å². The lowest BCUT2D eigenvalue weighted by molar-refractivity contribution is 0.620. The van der Waals surface area contributed by atoms with Gasteiger partial charge in [-0.3, -0.25) is 0 Å². The molecule has 1 aliphatic heterocycles. The standard InChI is InChI=1S/C11H11FN2/c1-6-2-10-7(3-9(6)12)8(4-13-10)11-5-14-11/h2-4,11,13-14H,5H2,1H3. The molecule has 2 aromatic rings. The van der Waals surface area contributed by atoms with Gasteiger partial charge in [0.15, 0.2) is 0 Å². The van der Waals surface area contributed by atoms with Crippen molar-refractivity contribution < 1.29 is 4.39 Å². The van der Waals surface area contributed by atoms with Gasteiger partial charge in [0.2, 0.25) is 0 Å². The summed E-state index contributed by atoms with van der Waals surface area (Å²) < 4.78 is 13.4. The van der Waals surface area contributed by atoms with Gasteiger partial charge < -0.3 is 10.3 Å². The minimum absolute atomic E-state index is 0.126. The molecular weight excluding hydrogens is 179 g/mol. The molecule has 0 saturated carbocycles. The van der Waals surface area contributed by atoms with Crippen molar-refractivity contribution in [2.45, 2.75) is 13.0 Å². The molecular formula is C11H11FN2. The van der Waals surface area contributed by atoms with Crippen LogP contribution in [0.1, 0.15) is 17.2 Å². The Morgan fingerprint density at radius 3 is 2.93 bits per heavy atom. The first-order chi connectivity index (χ1) is 6.75. The number of aromatic nitrogens is 1. The zero-order valence-corrected chi connectivity index (χ0v) is 7.89. The van der Waals surface area contributed by atoms with Gasteiger partial charge in [-0.1, -0.05) is 0 Å². The molecule has 1 saturated heterocycles. The monoisotopic (exact) mass is 190 g/mol. The van der Waals surface area contributed by atoms with Crippen molar-refractivity contribution >= 4 is 10.9 Å². The number of H-pyrrole nitrogens is 1. The van der Waals surface area contributed by atoms with Gasteiger partial charge in [-0.15, -0.1) is 0 Å². The molecule has 0 aliphatic carbocycles. The summed E-state index contributed by atoms with van der Waals surface area (Å²) in [5.74, 6) is -0.126. The molecule has 3 rings (SSSR count). The summed E-state index contributed by atoms with van der Waals surface area (Å²) in [6.45, 7) is 2.78. The fraction of sp³-hybridized carbons (Fsp3) is 0.273. The Balaban J connectivity index is 2.29. The summed E-state index contributed by atoms with van der Waals surface area (Å²) in [6, 6.07) is 3.90. The number of hydrogen-bond donors (Lipinski definition) is 2. The number of rotatable bonds is 1. The zero-order chi connectivity index (χ0) is 9.71. The van der Waals surface area contributed by atoms with E-state index in [-0.39, 0.29) is 5.82 Å². The molecule has 1 aromatic carbocycles. The molecule has 0 amide bonds. The van der Waals surface area contributed by atoms with E-state index in [1.807, 2.05) is 12.3 Å². The van der Waals surface area contributed by atoms with Crippen molar-refractivity contribution in [2.24, 2.45) is 0 Å². The highest BCUT2D eigenvalue weighted by molar-refractivity contribution is 5.84.